The van der Waals surface area contributed by atoms with E-state index in [0.717, 1.165) is 5.01 Å². The Morgan fingerprint density at radius 3 is 2.95 bits per heavy atom. The molecule has 0 radical (unpaired) electrons. The predicted molar refractivity (Wildman–Crippen MR) is 74.1 cm³/mol. The molecule has 1 saturated heterocycles. The van der Waals surface area contributed by atoms with E-state index in [-0.39, 0.29) is 5.91 Å². The maximum absolute atomic E-state index is 12.5. The van der Waals surface area contributed by atoms with Gasteiger partial charge in [-0.05, 0) is 19.4 Å². The number of carbonyl (C=O) groups is 1. The fourth-order valence-corrected chi connectivity index (χ4v) is 3.14. The van der Waals surface area contributed by atoms with Gasteiger partial charge in [0.05, 0.1) is 17.6 Å². The number of aromatic nitrogens is 1. The van der Waals surface area contributed by atoms with Gasteiger partial charge in [0, 0.05) is 31.6 Å². The summed E-state index contributed by atoms with van der Waals surface area (Å²) in [7, 11) is 1.64. The van der Waals surface area contributed by atoms with E-state index >= 15 is 0 Å². The van der Waals surface area contributed by atoms with Crippen molar-refractivity contribution in [3.05, 3.63) is 16.6 Å². The molecule has 4 nitrogen and oxygen atoms in total. The first-order valence-corrected chi connectivity index (χ1v) is 7.69. The van der Waals surface area contributed by atoms with Gasteiger partial charge in [0.2, 0.25) is 5.91 Å². The fraction of sp³-hybridized carbons (Fsp3) is 0.692. The van der Waals surface area contributed by atoms with Crippen LogP contribution in [0.15, 0.2) is 11.6 Å². The van der Waals surface area contributed by atoms with Crippen molar-refractivity contribution in [2.24, 2.45) is 0 Å². The van der Waals surface area contributed by atoms with Gasteiger partial charge in [0.25, 0.3) is 0 Å². The van der Waals surface area contributed by atoms with Crippen molar-refractivity contribution in [1.82, 2.24) is 14.8 Å². The molecule has 0 aromatic carbocycles. The zero-order valence-electron chi connectivity index (χ0n) is 11.8. The minimum absolute atomic E-state index is 0.228. The molecule has 1 amide bonds. The summed E-state index contributed by atoms with van der Waals surface area (Å²) in [5, 5.41) is 2.78. The standard InChI is InChI=1S/C13H18F3N3OS/c1-18(7-4-11-17-5-8-21-11)12(20)10-3-2-6-19(10)9-13(14,15)16/h5,8,10H,2-4,6-7,9H2,1H3/t10-/m0/s1. The number of rotatable bonds is 5. The van der Waals surface area contributed by atoms with Crippen LogP contribution >= 0.6 is 11.3 Å². The zero-order valence-corrected chi connectivity index (χ0v) is 12.6. The van der Waals surface area contributed by atoms with E-state index in [1.807, 2.05) is 5.38 Å². The summed E-state index contributed by atoms with van der Waals surface area (Å²) in [6, 6.07) is -0.645. The summed E-state index contributed by atoms with van der Waals surface area (Å²) in [5.41, 5.74) is 0. The molecule has 2 heterocycles. The molecule has 1 aliphatic heterocycles. The lowest BCUT2D eigenvalue weighted by Crippen LogP contribution is -2.47. The van der Waals surface area contributed by atoms with Gasteiger partial charge >= 0.3 is 6.18 Å². The second-order valence-electron chi connectivity index (χ2n) is 5.18. The Bertz CT molecular complexity index is 464. The van der Waals surface area contributed by atoms with Crippen LogP contribution in [0.2, 0.25) is 0 Å². The lowest BCUT2D eigenvalue weighted by atomic mass is 10.2. The van der Waals surface area contributed by atoms with Crippen LogP contribution in [0.1, 0.15) is 17.8 Å². The SMILES string of the molecule is CN(CCc1nccs1)C(=O)[C@@H]1CCCN1CC(F)(F)F. The molecule has 0 unspecified atom stereocenters. The minimum atomic E-state index is -4.26. The largest absolute Gasteiger partial charge is 0.401 e. The van der Waals surface area contributed by atoms with Crippen LogP contribution < -0.4 is 0 Å². The second kappa shape index (κ2) is 6.74. The van der Waals surface area contributed by atoms with Crippen molar-refractivity contribution in [2.75, 3.05) is 26.7 Å². The fourth-order valence-electron chi connectivity index (χ4n) is 2.53. The molecule has 1 aromatic heterocycles. The van der Waals surface area contributed by atoms with Crippen LogP contribution in [0.25, 0.3) is 0 Å². The number of halogens is 3. The van der Waals surface area contributed by atoms with Crippen LogP contribution in [0, 0.1) is 0 Å². The first kappa shape index (κ1) is 16.2. The highest BCUT2D eigenvalue weighted by molar-refractivity contribution is 7.09. The van der Waals surface area contributed by atoms with E-state index in [2.05, 4.69) is 4.98 Å². The number of nitrogens with zero attached hydrogens (tertiary/aromatic N) is 3. The molecular formula is C13H18F3N3OS. The Labute approximate surface area is 125 Å². The molecule has 2 rings (SSSR count). The smallest absolute Gasteiger partial charge is 0.344 e. The summed E-state index contributed by atoms with van der Waals surface area (Å²) in [6.45, 7) is -0.206. The summed E-state index contributed by atoms with van der Waals surface area (Å²) < 4.78 is 37.5. The third-order valence-electron chi connectivity index (χ3n) is 3.55. The number of carbonyl (C=O) groups excluding carboxylic acids is 1. The number of likely N-dealkylation sites (N-methyl/N-ethyl adjacent to an activating group) is 1. The van der Waals surface area contributed by atoms with Crippen LogP contribution in [0.5, 0.6) is 0 Å². The van der Waals surface area contributed by atoms with E-state index in [1.54, 1.807) is 13.2 Å². The highest BCUT2D eigenvalue weighted by atomic mass is 32.1. The molecule has 1 atom stereocenters. The number of hydrogen-bond acceptors (Lipinski definition) is 4. The molecule has 0 spiro atoms. The van der Waals surface area contributed by atoms with Crippen molar-refractivity contribution in [3.63, 3.8) is 0 Å². The van der Waals surface area contributed by atoms with Crippen LogP contribution in [-0.2, 0) is 11.2 Å². The summed E-state index contributed by atoms with van der Waals surface area (Å²) in [4.78, 5) is 19.2. The Balaban J connectivity index is 1.88. The van der Waals surface area contributed by atoms with Gasteiger partial charge in [-0.1, -0.05) is 0 Å². The van der Waals surface area contributed by atoms with Gasteiger partial charge < -0.3 is 4.90 Å². The topological polar surface area (TPSA) is 36.4 Å². The van der Waals surface area contributed by atoms with Crippen molar-refractivity contribution in [2.45, 2.75) is 31.5 Å². The van der Waals surface area contributed by atoms with E-state index in [1.165, 1.54) is 21.1 Å². The average molecular weight is 321 g/mol. The Hall–Kier alpha value is -1.15. The summed E-state index contributed by atoms with van der Waals surface area (Å²) >= 11 is 1.51. The average Bonchev–Trinajstić information content (AvgIpc) is 3.04. The Morgan fingerprint density at radius 2 is 2.33 bits per heavy atom. The van der Waals surface area contributed by atoms with Crippen LogP contribution in [-0.4, -0.2) is 59.6 Å². The lowest BCUT2D eigenvalue weighted by molar-refractivity contribution is -0.154. The second-order valence-corrected chi connectivity index (χ2v) is 6.16. The van der Waals surface area contributed by atoms with Gasteiger partial charge in [-0.3, -0.25) is 9.69 Å². The van der Waals surface area contributed by atoms with Gasteiger partial charge in [0.1, 0.15) is 0 Å². The van der Waals surface area contributed by atoms with Crippen molar-refractivity contribution in [1.29, 1.82) is 0 Å². The third-order valence-corrected chi connectivity index (χ3v) is 4.39. The van der Waals surface area contributed by atoms with Gasteiger partial charge in [-0.25, -0.2) is 4.98 Å². The van der Waals surface area contributed by atoms with Crippen molar-refractivity contribution < 1.29 is 18.0 Å². The van der Waals surface area contributed by atoms with Gasteiger partial charge in [-0.2, -0.15) is 13.2 Å². The number of alkyl halides is 3. The molecule has 0 N–H and O–H groups in total. The number of likely N-dealkylation sites (tertiary alicyclic amines) is 1. The number of hydrogen-bond donors (Lipinski definition) is 0. The van der Waals surface area contributed by atoms with Crippen molar-refractivity contribution in [3.8, 4) is 0 Å². The van der Waals surface area contributed by atoms with Crippen LogP contribution in [0.3, 0.4) is 0 Å². The normalized spacial score (nSPS) is 19.9. The van der Waals surface area contributed by atoms with Crippen molar-refractivity contribution >= 4 is 17.2 Å². The molecular weight excluding hydrogens is 303 g/mol. The maximum atomic E-state index is 12.5. The van der Waals surface area contributed by atoms with E-state index in [0.29, 0.717) is 32.4 Å². The first-order chi connectivity index (χ1) is 9.87. The van der Waals surface area contributed by atoms with Gasteiger partial charge in [0.15, 0.2) is 0 Å². The molecule has 21 heavy (non-hydrogen) atoms. The highest BCUT2D eigenvalue weighted by Crippen LogP contribution is 2.25. The molecule has 1 aliphatic rings. The monoisotopic (exact) mass is 321 g/mol. The van der Waals surface area contributed by atoms with E-state index in [4.69, 9.17) is 0 Å². The quantitative estimate of drug-likeness (QED) is 0.834. The van der Waals surface area contributed by atoms with Crippen LogP contribution in [0.4, 0.5) is 13.2 Å². The number of amides is 1. The summed E-state index contributed by atoms with van der Waals surface area (Å²) in [5.74, 6) is -0.228. The maximum Gasteiger partial charge on any atom is 0.401 e. The molecule has 118 valence electrons. The lowest BCUT2D eigenvalue weighted by Gasteiger charge is -2.28. The third kappa shape index (κ3) is 4.67. The molecule has 0 saturated carbocycles. The Kier molecular flexibility index (Phi) is 5.21. The Morgan fingerprint density at radius 1 is 1.57 bits per heavy atom. The molecule has 0 bridgehead atoms. The number of thiazole rings is 1. The minimum Gasteiger partial charge on any atom is -0.344 e. The molecule has 1 aromatic rings. The first-order valence-electron chi connectivity index (χ1n) is 6.81. The van der Waals surface area contributed by atoms with E-state index < -0.39 is 18.8 Å². The van der Waals surface area contributed by atoms with Gasteiger partial charge in [-0.15, -0.1) is 11.3 Å². The highest BCUT2D eigenvalue weighted by Gasteiger charge is 2.39. The molecule has 1 fully saturated rings. The predicted octanol–water partition coefficient (Wildman–Crippen LogP) is 2.17. The molecule has 8 heteroatoms. The summed E-state index contributed by atoms with van der Waals surface area (Å²) in [6.07, 6.45) is -0.804. The van der Waals surface area contributed by atoms with E-state index in [9.17, 15) is 18.0 Å². The molecule has 0 aliphatic carbocycles. The zero-order chi connectivity index (χ0) is 15.5.